The van der Waals surface area contributed by atoms with Gasteiger partial charge in [-0.25, -0.2) is 4.79 Å². The number of benzene rings is 3. The van der Waals surface area contributed by atoms with Gasteiger partial charge in [0.2, 0.25) is 0 Å². The average molecular weight is 464 g/mol. The molecule has 0 radical (unpaired) electrons. The van der Waals surface area contributed by atoms with Crippen LogP contribution in [0.3, 0.4) is 0 Å². The van der Waals surface area contributed by atoms with Crippen LogP contribution in [-0.2, 0) is 0 Å². The van der Waals surface area contributed by atoms with Gasteiger partial charge in [-0.1, -0.05) is 12.1 Å². The summed E-state index contributed by atoms with van der Waals surface area (Å²) >= 11 is 5.25. The summed E-state index contributed by atoms with van der Waals surface area (Å²) in [6.07, 6.45) is 1.59. The number of hydrazone groups is 1. The van der Waals surface area contributed by atoms with Crippen molar-refractivity contribution < 1.29 is 19.0 Å². The van der Waals surface area contributed by atoms with Gasteiger partial charge in [0.15, 0.2) is 16.6 Å². The SMILES string of the molecule is CCOc1ccc(C(=O)Oc2ccc(C=NNC(=S)Nc3cccc(C)c3)cc2OC)cc1. The van der Waals surface area contributed by atoms with Crippen molar-refractivity contribution in [2.24, 2.45) is 5.10 Å². The molecule has 0 fully saturated rings. The number of ether oxygens (including phenoxy) is 3. The fraction of sp³-hybridized carbons (Fsp3) is 0.160. The number of esters is 1. The first-order valence-electron chi connectivity index (χ1n) is 10.3. The lowest BCUT2D eigenvalue weighted by molar-refractivity contribution is 0.0729. The number of rotatable bonds is 8. The van der Waals surface area contributed by atoms with E-state index in [0.29, 0.717) is 34.5 Å². The van der Waals surface area contributed by atoms with Crippen molar-refractivity contribution >= 4 is 35.2 Å². The molecule has 0 aliphatic rings. The summed E-state index contributed by atoms with van der Waals surface area (Å²) in [5.74, 6) is 0.904. The van der Waals surface area contributed by atoms with E-state index in [9.17, 15) is 4.79 Å². The van der Waals surface area contributed by atoms with Gasteiger partial charge in [0.1, 0.15) is 5.75 Å². The molecular formula is C25H25N3O4S. The van der Waals surface area contributed by atoms with Crippen molar-refractivity contribution in [2.45, 2.75) is 13.8 Å². The molecule has 170 valence electrons. The van der Waals surface area contributed by atoms with Crippen LogP contribution in [0, 0.1) is 6.92 Å². The van der Waals surface area contributed by atoms with Crippen LogP contribution in [0.4, 0.5) is 5.69 Å². The molecular weight excluding hydrogens is 438 g/mol. The second-order valence-electron chi connectivity index (χ2n) is 6.95. The molecule has 2 N–H and O–H groups in total. The number of nitrogens with one attached hydrogen (secondary N) is 2. The van der Waals surface area contributed by atoms with E-state index in [-0.39, 0.29) is 0 Å². The van der Waals surface area contributed by atoms with Gasteiger partial charge in [0.05, 0.1) is 25.5 Å². The van der Waals surface area contributed by atoms with Gasteiger partial charge < -0.3 is 19.5 Å². The maximum atomic E-state index is 12.5. The smallest absolute Gasteiger partial charge is 0.343 e. The molecule has 0 aliphatic heterocycles. The lowest BCUT2D eigenvalue weighted by Crippen LogP contribution is -2.23. The van der Waals surface area contributed by atoms with Gasteiger partial charge >= 0.3 is 5.97 Å². The van der Waals surface area contributed by atoms with Crippen molar-refractivity contribution in [3.8, 4) is 17.2 Å². The third-order valence-electron chi connectivity index (χ3n) is 4.45. The number of methoxy groups -OCH3 is 1. The van der Waals surface area contributed by atoms with E-state index in [1.54, 1.807) is 48.7 Å². The number of aryl methyl sites for hydroxylation is 1. The van der Waals surface area contributed by atoms with Crippen LogP contribution >= 0.6 is 12.2 Å². The Hall–Kier alpha value is -3.91. The standard InChI is InChI=1S/C25H25N3O4S/c1-4-31-21-11-9-19(10-12-21)24(29)32-22-13-8-18(15-23(22)30-3)16-26-28-25(33)27-20-7-5-6-17(2)14-20/h5-16H,4H2,1-3H3,(H2,27,28,33). The highest BCUT2D eigenvalue weighted by molar-refractivity contribution is 7.80. The van der Waals surface area contributed by atoms with Crippen molar-refractivity contribution in [3.63, 3.8) is 0 Å². The normalized spacial score (nSPS) is 10.5. The fourth-order valence-corrected chi connectivity index (χ4v) is 3.08. The fourth-order valence-electron chi connectivity index (χ4n) is 2.91. The Bertz CT molecular complexity index is 1150. The third-order valence-corrected chi connectivity index (χ3v) is 4.64. The minimum atomic E-state index is -0.494. The molecule has 0 atom stereocenters. The van der Waals surface area contributed by atoms with E-state index < -0.39 is 5.97 Å². The summed E-state index contributed by atoms with van der Waals surface area (Å²) in [6, 6.07) is 19.7. The zero-order valence-electron chi connectivity index (χ0n) is 18.6. The van der Waals surface area contributed by atoms with Gasteiger partial charge in [-0.2, -0.15) is 5.10 Å². The Morgan fingerprint density at radius 2 is 1.85 bits per heavy atom. The maximum Gasteiger partial charge on any atom is 0.343 e. The third kappa shape index (κ3) is 7.05. The first-order valence-corrected chi connectivity index (χ1v) is 10.7. The molecule has 0 spiro atoms. The number of thiocarbonyl (C=S) groups is 1. The van der Waals surface area contributed by atoms with E-state index in [1.807, 2.05) is 38.1 Å². The van der Waals surface area contributed by atoms with Gasteiger partial charge in [-0.3, -0.25) is 5.43 Å². The first kappa shape index (κ1) is 23.7. The van der Waals surface area contributed by atoms with Crippen LogP contribution in [-0.4, -0.2) is 31.0 Å². The second kappa shape index (κ2) is 11.6. The number of anilines is 1. The highest BCUT2D eigenvalue weighted by Crippen LogP contribution is 2.28. The zero-order valence-corrected chi connectivity index (χ0v) is 19.4. The minimum Gasteiger partial charge on any atom is -0.494 e. The topological polar surface area (TPSA) is 81.2 Å². The molecule has 3 aromatic carbocycles. The Morgan fingerprint density at radius 1 is 1.06 bits per heavy atom. The number of nitrogens with zero attached hydrogens (tertiary/aromatic N) is 1. The molecule has 8 heteroatoms. The van der Waals surface area contributed by atoms with Crippen LogP contribution in [0.15, 0.2) is 71.8 Å². The summed E-state index contributed by atoms with van der Waals surface area (Å²) in [5, 5.41) is 7.57. The van der Waals surface area contributed by atoms with Gasteiger partial charge in [-0.05, 0) is 91.8 Å². The van der Waals surface area contributed by atoms with E-state index in [0.717, 1.165) is 16.8 Å². The molecule has 3 aromatic rings. The van der Waals surface area contributed by atoms with Crippen LogP contribution in [0.1, 0.15) is 28.4 Å². The molecule has 0 aliphatic carbocycles. The lowest BCUT2D eigenvalue weighted by atomic mass is 10.2. The number of hydrogen-bond acceptors (Lipinski definition) is 6. The minimum absolute atomic E-state index is 0.304. The van der Waals surface area contributed by atoms with E-state index >= 15 is 0 Å². The molecule has 0 unspecified atom stereocenters. The summed E-state index contributed by atoms with van der Waals surface area (Å²) in [4.78, 5) is 12.5. The Balaban J connectivity index is 1.60. The van der Waals surface area contributed by atoms with Crippen LogP contribution in [0.2, 0.25) is 0 Å². The summed E-state index contributed by atoms with van der Waals surface area (Å²) in [7, 11) is 1.50. The second-order valence-corrected chi connectivity index (χ2v) is 7.36. The first-order chi connectivity index (χ1) is 16.0. The quantitative estimate of drug-likeness (QED) is 0.161. The monoisotopic (exact) mass is 463 g/mol. The summed E-state index contributed by atoms with van der Waals surface area (Å²) in [6.45, 7) is 4.46. The molecule has 0 saturated carbocycles. The highest BCUT2D eigenvalue weighted by Gasteiger charge is 2.13. The summed E-state index contributed by atoms with van der Waals surface area (Å²) < 4.78 is 16.3. The van der Waals surface area contributed by atoms with E-state index in [2.05, 4.69) is 15.8 Å². The lowest BCUT2D eigenvalue weighted by Gasteiger charge is -2.10. The predicted molar refractivity (Wildman–Crippen MR) is 134 cm³/mol. The molecule has 0 aromatic heterocycles. The number of carbonyl (C=O) groups excluding carboxylic acids is 1. The van der Waals surface area contributed by atoms with Gasteiger partial charge in [0.25, 0.3) is 0 Å². The van der Waals surface area contributed by atoms with Crippen molar-refractivity contribution in [1.82, 2.24) is 5.43 Å². The molecule has 0 heterocycles. The van der Waals surface area contributed by atoms with E-state index in [1.165, 1.54) is 7.11 Å². The molecule has 0 amide bonds. The molecule has 7 nitrogen and oxygen atoms in total. The predicted octanol–water partition coefficient (Wildman–Crippen LogP) is 4.94. The van der Waals surface area contributed by atoms with Gasteiger partial charge in [-0.15, -0.1) is 0 Å². The molecule has 0 bridgehead atoms. The Labute approximate surface area is 198 Å². The van der Waals surface area contributed by atoms with Gasteiger partial charge in [0, 0.05) is 5.69 Å². The molecule has 0 saturated heterocycles. The average Bonchev–Trinajstić information content (AvgIpc) is 2.80. The number of carbonyl (C=O) groups is 1. The Morgan fingerprint density at radius 3 is 2.55 bits per heavy atom. The largest absolute Gasteiger partial charge is 0.494 e. The van der Waals surface area contributed by atoms with Crippen LogP contribution in [0.5, 0.6) is 17.2 Å². The Kier molecular flexibility index (Phi) is 8.37. The highest BCUT2D eigenvalue weighted by atomic mass is 32.1. The molecule has 33 heavy (non-hydrogen) atoms. The zero-order chi connectivity index (χ0) is 23.6. The van der Waals surface area contributed by atoms with Crippen molar-refractivity contribution in [1.29, 1.82) is 0 Å². The van der Waals surface area contributed by atoms with Crippen molar-refractivity contribution in [3.05, 3.63) is 83.4 Å². The maximum absolute atomic E-state index is 12.5. The van der Waals surface area contributed by atoms with Crippen LogP contribution in [0.25, 0.3) is 0 Å². The van der Waals surface area contributed by atoms with E-state index in [4.69, 9.17) is 26.4 Å². The summed E-state index contributed by atoms with van der Waals surface area (Å²) in [5.41, 5.74) is 5.92. The number of hydrogen-bond donors (Lipinski definition) is 2. The van der Waals surface area contributed by atoms with Crippen molar-refractivity contribution in [2.75, 3.05) is 19.0 Å². The van der Waals surface area contributed by atoms with Crippen LogP contribution < -0.4 is 25.0 Å². The molecule has 3 rings (SSSR count).